The normalized spacial score (nSPS) is 17.2. The van der Waals surface area contributed by atoms with E-state index in [4.69, 9.17) is 9.26 Å². The molecule has 0 N–H and O–H groups in total. The molecule has 8 heteroatoms. The van der Waals surface area contributed by atoms with Gasteiger partial charge in [-0.15, -0.1) is 0 Å². The molecule has 1 aliphatic heterocycles. The van der Waals surface area contributed by atoms with Crippen molar-refractivity contribution < 1.29 is 14.1 Å². The van der Waals surface area contributed by atoms with Gasteiger partial charge in [0.05, 0.1) is 11.8 Å². The standard InChI is InChI=1S/C16H23N5O3/c1-12-18-15(19-24-12)16(6-9-23-3)4-7-21(8-5-16)14(22)13-10-17-20(2)11-13/h10-11H,4-9H2,1-3H3. The fourth-order valence-electron chi connectivity index (χ4n) is 3.25. The highest BCUT2D eigenvalue weighted by molar-refractivity contribution is 5.93. The van der Waals surface area contributed by atoms with Crippen LogP contribution in [0.3, 0.4) is 0 Å². The topological polar surface area (TPSA) is 86.3 Å². The third kappa shape index (κ3) is 3.19. The van der Waals surface area contributed by atoms with Crippen molar-refractivity contribution in [3.8, 4) is 0 Å². The van der Waals surface area contributed by atoms with Gasteiger partial charge in [0.1, 0.15) is 0 Å². The van der Waals surface area contributed by atoms with Gasteiger partial charge in [0.2, 0.25) is 5.89 Å². The van der Waals surface area contributed by atoms with Crippen LogP contribution in [0.4, 0.5) is 0 Å². The van der Waals surface area contributed by atoms with Crippen molar-refractivity contribution in [2.45, 2.75) is 31.6 Å². The lowest BCUT2D eigenvalue weighted by atomic mass is 9.75. The van der Waals surface area contributed by atoms with Gasteiger partial charge < -0.3 is 14.2 Å². The fraction of sp³-hybridized carbons (Fsp3) is 0.625. The number of likely N-dealkylation sites (tertiary alicyclic amines) is 1. The molecule has 2 aromatic heterocycles. The number of methoxy groups -OCH3 is 1. The highest BCUT2D eigenvalue weighted by Crippen LogP contribution is 2.37. The maximum Gasteiger partial charge on any atom is 0.257 e. The number of carbonyl (C=O) groups excluding carboxylic acids is 1. The van der Waals surface area contributed by atoms with Gasteiger partial charge in [-0.2, -0.15) is 10.1 Å². The van der Waals surface area contributed by atoms with Gasteiger partial charge in [-0.25, -0.2) is 0 Å². The maximum atomic E-state index is 12.6. The Morgan fingerprint density at radius 3 is 2.71 bits per heavy atom. The van der Waals surface area contributed by atoms with Gasteiger partial charge in [-0.3, -0.25) is 9.48 Å². The molecule has 0 atom stereocenters. The fourth-order valence-corrected chi connectivity index (χ4v) is 3.25. The summed E-state index contributed by atoms with van der Waals surface area (Å²) in [5.74, 6) is 1.31. The van der Waals surface area contributed by atoms with Gasteiger partial charge in [0.25, 0.3) is 5.91 Å². The van der Waals surface area contributed by atoms with Crippen LogP contribution in [0.5, 0.6) is 0 Å². The number of piperidine rings is 1. The minimum absolute atomic E-state index is 0.0211. The molecule has 1 aliphatic rings. The number of nitrogens with zero attached hydrogens (tertiary/aromatic N) is 5. The average Bonchev–Trinajstić information content (AvgIpc) is 3.21. The largest absolute Gasteiger partial charge is 0.385 e. The lowest BCUT2D eigenvalue weighted by molar-refractivity contribution is 0.0616. The molecule has 3 heterocycles. The number of ether oxygens (including phenoxy) is 1. The summed E-state index contributed by atoms with van der Waals surface area (Å²) in [4.78, 5) is 18.9. The van der Waals surface area contributed by atoms with E-state index in [0.29, 0.717) is 31.2 Å². The summed E-state index contributed by atoms with van der Waals surface area (Å²) >= 11 is 0. The summed E-state index contributed by atoms with van der Waals surface area (Å²) in [7, 11) is 3.50. The number of amides is 1. The lowest BCUT2D eigenvalue weighted by Gasteiger charge is -2.39. The van der Waals surface area contributed by atoms with Crippen LogP contribution >= 0.6 is 0 Å². The zero-order valence-corrected chi connectivity index (χ0v) is 14.4. The molecule has 0 bridgehead atoms. The van der Waals surface area contributed by atoms with E-state index in [9.17, 15) is 4.79 Å². The van der Waals surface area contributed by atoms with Crippen LogP contribution in [-0.2, 0) is 17.2 Å². The summed E-state index contributed by atoms with van der Waals surface area (Å²) in [6.07, 6.45) is 5.76. The molecule has 0 aromatic carbocycles. The van der Waals surface area contributed by atoms with E-state index in [1.165, 1.54) is 0 Å². The van der Waals surface area contributed by atoms with Crippen molar-refractivity contribution in [2.24, 2.45) is 7.05 Å². The van der Waals surface area contributed by atoms with E-state index >= 15 is 0 Å². The molecule has 2 aromatic rings. The van der Waals surface area contributed by atoms with Gasteiger partial charge in [0.15, 0.2) is 5.82 Å². The van der Waals surface area contributed by atoms with Crippen LogP contribution in [0.1, 0.15) is 41.3 Å². The smallest absolute Gasteiger partial charge is 0.257 e. The third-order valence-corrected chi connectivity index (χ3v) is 4.75. The first-order valence-electron chi connectivity index (χ1n) is 8.12. The van der Waals surface area contributed by atoms with E-state index < -0.39 is 0 Å². The van der Waals surface area contributed by atoms with Gasteiger partial charge in [-0.05, 0) is 19.3 Å². The quantitative estimate of drug-likeness (QED) is 0.820. The summed E-state index contributed by atoms with van der Waals surface area (Å²) in [5.41, 5.74) is 0.428. The molecule has 1 saturated heterocycles. The predicted octanol–water partition coefficient (Wildman–Crippen LogP) is 1.32. The molecule has 1 amide bonds. The lowest BCUT2D eigenvalue weighted by Crippen LogP contribution is -2.46. The Morgan fingerprint density at radius 1 is 1.42 bits per heavy atom. The Labute approximate surface area is 140 Å². The van der Waals surface area contributed by atoms with Crippen LogP contribution in [-0.4, -0.2) is 57.5 Å². The molecule has 1 fully saturated rings. The minimum atomic E-state index is -0.195. The van der Waals surface area contributed by atoms with Gasteiger partial charge in [-0.1, -0.05) is 5.16 Å². The van der Waals surface area contributed by atoms with Crippen LogP contribution in [0.25, 0.3) is 0 Å². The zero-order valence-electron chi connectivity index (χ0n) is 14.4. The Balaban J connectivity index is 1.73. The number of hydrogen-bond acceptors (Lipinski definition) is 6. The highest BCUT2D eigenvalue weighted by Gasteiger charge is 2.41. The summed E-state index contributed by atoms with van der Waals surface area (Å²) in [6, 6.07) is 0. The van der Waals surface area contributed by atoms with Crippen molar-refractivity contribution in [1.29, 1.82) is 0 Å². The Kier molecular flexibility index (Phi) is 4.66. The first-order valence-corrected chi connectivity index (χ1v) is 8.12. The van der Waals surface area contributed by atoms with Crippen molar-refractivity contribution in [1.82, 2.24) is 24.8 Å². The second-order valence-corrected chi connectivity index (χ2v) is 6.36. The SMILES string of the molecule is COCCC1(c2noc(C)n2)CCN(C(=O)c2cnn(C)c2)CC1. The monoisotopic (exact) mass is 333 g/mol. The second-order valence-electron chi connectivity index (χ2n) is 6.36. The van der Waals surface area contributed by atoms with E-state index in [1.807, 2.05) is 4.90 Å². The van der Waals surface area contributed by atoms with Crippen molar-refractivity contribution in [3.05, 3.63) is 29.7 Å². The molecular formula is C16H23N5O3. The number of hydrogen-bond donors (Lipinski definition) is 0. The van der Waals surface area contributed by atoms with Crippen LogP contribution in [0.2, 0.25) is 0 Å². The van der Waals surface area contributed by atoms with Crippen molar-refractivity contribution in [3.63, 3.8) is 0 Å². The Bertz CT molecular complexity index is 700. The number of rotatable bonds is 5. The summed E-state index contributed by atoms with van der Waals surface area (Å²) < 4.78 is 12.1. The van der Waals surface area contributed by atoms with E-state index in [0.717, 1.165) is 25.1 Å². The molecule has 0 spiro atoms. The molecule has 0 aliphatic carbocycles. The first-order chi connectivity index (χ1) is 11.5. The Morgan fingerprint density at radius 2 is 2.17 bits per heavy atom. The molecule has 0 radical (unpaired) electrons. The van der Waals surface area contributed by atoms with Gasteiger partial charge >= 0.3 is 0 Å². The minimum Gasteiger partial charge on any atom is -0.385 e. The summed E-state index contributed by atoms with van der Waals surface area (Å²) in [6.45, 7) is 3.74. The molecule has 0 unspecified atom stereocenters. The van der Waals surface area contributed by atoms with Crippen LogP contribution in [0, 0.1) is 6.92 Å². The van der Waals surface area contributed by atoms with Crippen LogP contribution < -0.4 is 0 Å². The Hall–Kier alpha value is -2.22. The van der Waals surface area contributed by atoms with E-state index in [-0.39, 0.29) is 11.3 Å². The highest BCUT2D eigenvalue weighted by atomic mass is 16.5. The second kappa shape index (κ2) is 6.72. The molecule has 0 saturated carbocycles. The van der Waals surface area contributed by atoms with Crippen LogP contribution in [0.15, 0.2) is 16.9 Å². The molecule has 24 heavy (non-hydrogen) atoms. The third-order valence-electron chi connectivity index (χ3n) is 4.75. The average molecular weight is 333 g/mol. The molecular weight excluding hydrogens is 310 g/mol. The maximum absolute atomic E-state index is 12.6. The van der Waals surface area contributed by atoms with Gasteiger partial charge in [0, 0.05) is 52.4 Å². The van der Waals surface area contributed by atoms with Crippen molar-refractivity contribution >= 4 is 5.91 Å². The molecule has 3 rings (SSSR count). The molecule has 130 valence electrons. The summed E-state index contributed by atoms with van der Waals surface area (Å²) in [5, 5.41) is 8.21. The van der Waals surface area contributed by atoms with Crippen molar-refractivity contribution in [2.75, 3.05) is 26.8 Å². The van der Waals surface area contributed by atoms with E-state index in [2.05, 4.69) is 15.2 Å². The predicted molar refractivity (Wildman–Crippen MR) is 85.6 cm³/mol. The number of aryl methyl sites for hydroxylation is 2. The van der Waals surface area contributed by atoms with E-state index in [1.54, 1.807) is 38.2 Å². The zero-order chi connectivity index (χ0) is 17.2. The number of carbonyl (C=O) groups is 1. The number of aromatic nitrogens is 4. The first kappa shape index (κ1) is 16.6. The molecule has 8 nitrogen and oxygen atoms in total.